The van der Waals surface area contributed by atoms with Crippen molar-refractivity contribution in [1.82, 2.24) is 29.5 Å². The second kappa shape index (κ2) is 8.77. The largest absolute Gasteiger partial charge is 0.309 e. The first-order valence-electron chi connectivity index (χ1n) is 12.0. The van der Waals surface area contributed by atoms with Crippen molar-refractivity contribution in [2.24, 2.45) is 0 Å². The van der Waals surface area contributed by atoms with E-state index in [0.717, 1.165) is 22.4 Å². The number of pyridine rings is 2. The van der Waals surface area contributed by atoms with Gasteiger partial charge in [-0.1, -0.05) is 36.4 Å². The first kappa shape index (κ1) is 21.1. The van der Waals surface area contributed by atoms with E-state index < -0.39 is 0 Å². The second-order valence-electron chi connectivity index (χ2n) is 8.71. The van der Waals surface area contributed by atoms with Crippen LogP contribution in [0.5, 0.6) is 0 Å². The van der Waals surface area contributed by atoms with Crippen LogP contribution in [0.3, 0.4) is 0 Å². The zero-order valence-electron chi connectivity index (χ0n) is 19.7. The molecule has 4 aromatic heterocycles. The lowest BCUT2D eigenvalue weighted by Crippen LogP contribution is -2.01. The van der Waals surface area contributed by atoms with E-state index in [2.05, 4.69) is 87.3 Å². The van der Waals surface area contributed by atoms with Gasteiger partial charge in [0.2, 0.25) is 0 Å². The normalized spacial score (nSPS) is 11.2. The Hall–Kier alpha value is -5.23. The van der Waals surface area contributed by atoms with Crippen LogP contribution in [0, 0.1) is 0 Å². The maximum Gasteiger partial charge on any atom is 0.165 e. The predicted molar refractivity (Wildman–Crippen MR) is 146 cm³/mol. The van der Waals surface area contributed by atoms with Gasteiger partial charge in [-0.15, -0.1) is 0 Å². The number of hydrogen-bond acceptors (Lipinski definition) is 5. The van der Waals surface area contributed by atoms with Crippen LogP contribution >= 0.6 is 0 Å². The van der Waals surface area contributed by atoms with Crippen LogP contribution in [-0.2, 0) is 0 Å². The summed E-state index contributed by atoms with van der Waals surface area (Å²) in [7, 11) is 0. The fourth-order valence-corrected chi connectivity index (χ4v) is 4.71. The summed E-state index contributed by atoms with van der Waals surface area (Å²) in [5.74, 6) is 1.74. The van der Waals surface area contributed by atoms with Gasteiger partial charge in [-0.2, -0.15) is 0 Å². The molecule has 37 heavy (non-hydrogen) atoms. The fourth-order valence-electron chi connectivity index (χ4n) is 4.71. The fraction of sp³-hybridized carbons (Fsp3) is 0. The van der Waals surface area contributed by atoms with Gasteiger partial charge in [-0.25, -0.2) is 15.0 Å². The first-order valence-corrected chi connectivity index (χ1v) is 12.0. The second-order valence-corrected chi connectivity index (χ2v) is 8.71. The highest BCUT2D eigenvalue weighted by atomic mass is 15.0. The monoisotopic (exact) mass is 476 g/mol. The molecule has 6 heteroatoms. The first-order chi connectivity index (χ1) is 18.3. The molecule has 7 aromatic rings. The third-order valence-corrected chi connectivity index (χ3v) is 6.44. The zero-order valence-corrected chi connectivity index (χ0v) is 19.7. The van der Waals surface area contributed by atoms with Gasteiger partial charge in [0.05, 0.1) is 11.0 Å². The number of benzene rings is 3. The van der Waals surface area contributed by atoms with E-state index in [-0.39, 0.29) is 0 Å². The number of aromatic nitrogens is 6. The SMILES string of the molecule is c1cncc(-c2nc(-c3ccc(-n4c5ccccc5c5ccccc54)cc3)nc(-c3cccnc3)n2)c1. The molecule has 0 unspecified atom stereocenters. The van der Waals surface area contributed by atoms with E-state index in [4.69, 9.17) is 15.0 Å². The topological polar surface area (TPSA) is 69.4 Å². The Morgan fingerprint density at radius 2 is 0.919 bits per heavy atom. The lowest BCUT2D eigenvalue weighted by molar-refractivity contribution is 1.07. The van der Waals surface area contributed by atoms with Gasteiger partial charge >= 0.3 is 0 Å². The van der Waals surface area contributed by atoms with Crippen molar-refractivity contribution in [2.75, 3.05) is 0 Å². The molecule has 0 amide bonds. The number of nitrogens with zero attached hydrogens (tertiary/aromatic N) is 6. The van der Waals surface area contributed by atoms with E-state index in [1.165, 1.54) is 21.8 Å². The zero-order chi connectivity index (χ0) is 24.6. The van der Waals surface area contributed by atoms with Crippen LogP contribution in [0.15, 0.2) is 122 Å². The van der Waals surface area contributed by atoms with Crippen molar-refractivity contribution in [3.05, 3.63) is 122 Å². The highest BCUT2D eigenvalue weighted by molar-refractivity contribution is 6.09. The Morgan fingerprint density at radius 1 is 0.432 bits per heavy atom. The van der Waals surface area contributed by atoms with Crippen molar-refractivity contribution < 1.29 is 0 Å². The Bertz CT molecular complexity index is 1750. The van der Waals surface area contributed by atoms with Crippen LogP contribution in [0.2, 0.25) is 0 Å². The number of hydrogen-bond donors (Lipinski definition) is 0. The summed E-state index contributed by atoms with van der Waals surface area (Å²) in [6.45, 7) is 0. The molecular formula is C31H20N6. The average molecular weight is 477 g/mol. The molecule has 0 radical (unpaired) electrons. The van der Waals surface area contributed by atoms with Crippen molar-refractivity contribution >= 4 is 21.8 Å². The van der Waals surface area contributed by atoms with Crippen LogP contribution < -0.4 is 0 Å². The molecule has 0 spiro atoms. The van der Waals surface area contributed by atoms with Gasteiger partial charge in [0, 0.05) is 57.9 Å². The summed E-state index contributed by atoms with van der Waals surface area (Å²) in [5.41, 5.74) is 6.00. The third-order valence-electron chi connectivity index (χ3n) is 6.44. The molecule has 7 rings (SSSR count). The molecule has 0 aliphatic heterocycles. The van der Waals surface area contributed by atoms with Crippen molar-refractivity contribution in [2.45, 2.75) is 0 Å². The van der Waals surface area contributed by atoms with Gasteiger partial charge in [0.1, 0.15) is 0 Å². The standard InChI is InChI=1S/C31H20N6/c1-3-11-27-25(9-1)26-10-2-4-12-28(26)37(27)24-15-13-21(14-16-24)29-34-30(22-7-5-17-32-19-22)36-31(35-29)23-8-6-18-33-20-23/h1-20H. The van der Waals surface area contributed by atoms with Crippen LogP contribution in [-0.4, -0.2) is 29.5 Å². The molecular weight excluding hydrogens is 456 g/mol. The maximum atomic E-state index is 4.80. The molecule has 0 bridgehead atoms. The Morgan fingerprint density at radius 3 is 1.41 bits per heavy atom. The average Bonchev–Trinajstić information content (AvgIpc) is 3.32. The van der Waals surface area contributed by atoms with Gasteiger partial charge < -0.3 is 4.57 Å². The lowest BCUT2D eigenvalue weighted by atomic mass is 10.1. The maximum absolute atomic E-state index is 4.80. The van der Waals surface area contributed by atoms with Gasteiger partial charge in [0.25, 0.3) is 0 Å². The van der Waals surface area contributed by atoms with E-state index in [1.807, 2.05) is 24.3 Å². The summed E-state index contributed by atoms with van der Waals surface area (Å²) < 4.78 is 2.30. The molecule has 0 saturated carbocycles. The number of fused-ring (bicyclic) bond motifs is 3. The molecule has 0 aliphatic rings. The summed E-state index contributed by atoms with van der Waals surface area (Å²) in [5, 5.41) is 2.48. The molecule has 6 nitrogen and oxygen atoms in total. The summed E-state index contributed by atoms with van der Waals surface area (Å²) in [6.07, 6.45) is 7.00. The molecule has 3 aromatic carbocycles. The smallest absolute Gasteiger partial charge is 0.165 e. The van der Waals surface area contributed by atoms with Crippen LogP contribution in [0.1, 0.15) is 0 Å². The molecule has 0 N–H and O–H groups in total. The molecule has 0 saturated heterocycles. The quantitative estimate of drug-likeness (QED) is 0.281. The van der Waals surface area contributed by atoms with E-state index in [0.29, 0.717) is 17.5 Å². The van der Waals surface area contributed by atoms with Crippen molar-refractivity contribution in [1.29, 1.82) is 0 Å². The predicted octanol–water partition coefficient (Wildman–Crippen LogP) is 6.76. The van der Waals surface area contributed by atoms with Gasteiger partial charge in [0.15, 0.2) is 17.5 Å². The Labute approximate surface area is 213 Å². The lowest BCUT2D eigenvalue weighted by Gasteiger charge is -2.10. The third kappa shape index (κ3) is 3.72. The minimum atomic E-state index is 0.573. The molecule has 4 heterocycles. The Balaban J connectivity index is 1.37. The van der Waals surface area contributed by atoms with E-state index >= 15 is 0 Å². The number of para-hydroxylation sites is 2. The summed E-state index contributed by atoms with van der Waals surface area (Å²) >= 11 is 0. The summed E-state index contributed by atoms with van der Waals surface area (Å²) in [6, 6.07) is 33.0. The van der Waals surface area contributed by atoms with Crippen molar-refractivity contribution in [3.8, 4) is 39.9 Å². The molecule has 0 fully saturated rings. The van der Waals surface area contributed by atoms with Gasteiger partial charge in [-0.3, -0.25) is 9.97 Å². The minimum Gasteiger partial charge on any atom is -0.309 e. The molecule has 0 atom stereocenters. The summed E-state index contributed by atoms with van der Waals surface area (Å²) in [4.78, 5) is 22.8. The molecule has 0 aliphatic carbocycles. The highest BCUT2D eigenvalue weighted by Crippen LogP contribution is 2.32. The van der Waals surface area contributed by atoms with Crippen LogP contribution in [0.4, 0.5) is 0 Å². The van der Waals surface area contributed by atoms with Crippen LogP contribution in [0.25, 0.3) is 61.7 Å². The van der Waals surface area contributed by atoms with E-state index in [9.17, 15) is 0 Å². The minimum absolute atomic E-state index is 0.573. The number of rotatable bonds is 4. The van der Waals surface area contributed by atoms with Gasteiger partial charge in [-0.05, 0) is 60.7 Å². The van der Waals surface area contributed by atoms with E-state index in [1.54, 1.807) is 24.8 Å². The highest BCUT2D eigenvalue weighted by Gasteiger charge is 2.14. The Kier molecular flexibility index (Phi) is 5.00. The molecule has 174 valence electrons. The van der Waals surface area contributed by atoms with Crippen molar-refractivity contribution in [3.63, 3.8) is 0 Å².